The van der Waals surface area contributed by atoms with E-state index in [4.69, 9.17) is 4.84 Å². The van der Waals surface area contributed by atoms with Crippen molar-refractivity contribution in [3.63, 3.8) is 0 Å². The molecule has 0 saturated heterocycles. The Labute approximate surface area is 113 Å². The average Bonchev–Trinajstić information content (AvgIpc) is 2.29. The van der Waals surface area contributed by atoms with Crippen LogP contribution in [0.4, 0.5) is 0 Å². The van der Waals surface area contributed by atoms with Crippen molar-refractivity contribution >= 4 is 5.71 Å². The second-order valence-electron chi connectivity index (χ2n) is 5.17. The molecule has 0 fully saturated rings. The molecule has 0 aromatic heterocycles. The summed E-state index contributed by atoms with van der Waals surface area (Å²) in [5, 5.41) is 4.02. The third-order valence-electron chi connectivity index (χ3n) is 2.61. The molecule has 0 amide bonds. The predicted molar refractivity (Wildman–Crippen MR) is 80.9 cm³/mol. The highest BCUT2D eigenvalue weighted by Gasteiger charge is 1.97. The minimum Gasteiger partial charge on any atom is -0.396 e. The maximum atomic E-state index is 5.12. The van der Waals surface area contributed by atoms with E-state index in [1.807, 2.05) is 13.0 Å². The molecule has 0 heterocycles. The first-order chi connectivity index (χ1) is 8.56. The number of nitrogens with zero attached hydrogens (tertiary/aromatic N) is 1. The van der Waals surface area contributed by atoms with Crippen molar-refractivity contribution < 1.29 is 4.84 Å². The molecule has 1 unspecified atom stereocenters. The molecule has 0 bridgehead atoms. The Hall–Kier alpha value is -1.05. The van der Waals surface area contributed by atoms with Crippen LogP contribution >= 0.6 is 0 Å². The molecule has 2 nitrogen and oxygen atoms in total. The molecule has 18 heavy (non-hydrogen) atoms. The molecule has 0 radical (unpaired) electrons. The Morgan fingerprint density at radius 1 is 1.28 bits per heavy atom. The zero-order valence-corrected chi connectivity index (χ0v) is 12.7. The van der Waals surface area contributed by atoms with Crippen LogP contribution < -0.4 is 0 Å². The Kier molecular flexibility index (Phi) is 10.4. The van der Waals surface area contributed by atoms with Gasteiger partial charge in [-0.1, -0.05) is 36.7 Å². The lowest BCUT2D eigenvalue weighted by Gasteiger charge is -2.06. The first-order valence-corrected chi connectivity index (χ1v) is 7.02. The Morgan fingerprint density at radius 2 is 2.00 bits per heavy atom. The summed E-state index contributed by atoms with van der Waals surface area (Å²) < 4.78 is 0. The van der Waals surface area contributed by atoms with Crippen molar-refractivity contribution in [3.05, 3.63) is 23.8 Å². The maximum Gasteiger partial charge on any atom is 0.116 e. The first-order valence-electron chi connectivity index (χ1n) is 7.02. The smallest absolute Gasteiger partial charge is 0.116 e. The van der Waals surface area contributed by atoms with Gasteiger partial charge < -0.3 is 4.84 Å². The van der Waals surface area contributed by atoms with E-state index < -0.39 is 0 Å². The van der Waals surface area contributed by atoms with Gasteiger partial charge >= 0.3 is 0 Å². The van der Waals surface area contributed by atoms with E-state index in [-0.39, 0.29) is 0 Å². The summed E-state index contributed by atoms with van der Waals surface area (Å²) in [5.74, 6) is 0.723. The van der Waals surface area contributed by atoms with Gasteiger partial charge in [0.15, 0.2) is 0 Å². The summed E-state index contributed by atoms with van der Waals surface area (Å²) in [4.78, 5) is 5.12. The molecule has 0 rings (SSSR count). The molecule has 0 saturated carbocycles. The van der Waals surface area contributed by atoms with Gasteiger partial charge in [-0.25, -0.2) is 0 Å². The van der Waals surface area contributed by atoms with Gasteiger partial charge in [-0.15, -0.1) is 0 Å². The van der Waals surface area contributed by atoms with Gasteiger partial charge in [0.2, 0.25) is 0 Å². The standard InChI is InChI=1S/C16H29NO/c1-6-13-18-17-16(5)12-8-11-15(4)10-7-9-14(2)3/h8-9,12,15H,6-7,10-11,13H2,1-5H3/b12-8+,17-16+. The van der Waals surface area contributed by atoms with Crippen LogP contribution in [0.15, 0.2) is 29.0 Å². The third-order valence-corrected chi connectivity index (χ3v) is 2.61. The van der Waals surface area contributed by atoms with E-state index >= 15 is 0 Å². The molecule has 0 aliphatic rings. The van der Waals surface area contributed by atoms with Crippen LogP contribution in [0.1, 0.15) is 60.3 Å². The summed E-state index contributed by atoms with van der Waals surface area (Å²) >= 11 is 0. The molecule has 0 N–H and O–H groups in total. The topological polar surface area (TPSA) is 21.6 Å². The molecular weight excluding hydrogens is 222 g/mol. The molecule has 0 aliphatic heterocycles. The first kappa shape index (κ1) is 16.9. The van der Waals surface area contributed by atoms with Crippen molar-refractivity contribution in [1.29, 1.82) is 0 Å². The third kappa shape index (κ3) is 11.4. The van der Waals surface area contributed by atoms with Crippen molar-refractivity contribution in [2.24, 2.45) is 11.1 Å². The fourth-order valence-electron chi connectivity index (χ4n) is 1.51. The van der Waals surface area contributed by atoms with Crippen LogP contribution in [0, 0.1) is 5.92 Å². The summed E-state index contributed by atoms with van der Waals surface area (Å²) in [6.07, 6.45) is 11.1. The molecule has 0 aliphatic carbocycles. The van der Waals surface area contributed by atoms with Crippen LogP contribution in [0.2, 0.25) is 0 Å². The van der Waals surface area contributed by atoms with E-state index in [9.17, 15) is 0 Å². The monoisotopic (exact) mass is 251 g/mol. The average molecular weight is 251 g/mol. The molecule has 104 valence electrons. The fraction of sp³-hybridized carbons (Fsp3) is 0.688. The van der Waals surface area contributed by atoms with Crippen molar-refractivity contribution in [2.45, 2.75) is 60.3 Å². The van der Waals surface area contributed by atoms with Gasteiger partial charge in [0.25, 0.3) is 0 Å². The number of hydrogen-bond acceptors (Lipinski definition) is 2. The minimum absolute atomic E-state index is 0.699. The van der Waals surface area contributed by atoms with Crippen LogP contribution in [-0.2, 0) is 4.84 Å². The van der Waals surface area contributed by atoms with E-state index in [0.717, 1.165) is 24.5 Å². The van der Waals surface area contributed by atoms with Gasteiger partial charge in [-0.3, -0.25) is 0 Å². The highest BCUT2D eigenvalue weighted by Crippen LogP contribution is 2.12. The fourth-order valence-corrected chi connectivity index (χ4v) is 1.51. The second-order valence-corrected chi connectivity index (χ2v) is 5.17. The van der Waals surface area contributed by atoms with Gasteiger partial charge in [0, 0.05) is 0 Å². The number of oxime groups is 1. The van der Waals surface area contributed by atoms with Crippen LogP contribution in [0.3, 0.4) is 0 Å². The minimum atomic E-state index is 0.699. The summed E-state index contributed by atoms with van der Waals surface area (Å²) in [6.45, 7) is 11.4. The van der Waals surface area contributed by atoms with Crippen LogP contribution in [0.5, 0.6) is 0 Å². The zero-order valence-electron chi connectivity index (χ0n) is 12.7. The molecular formula is C16H29NO. The summed E-state index contributed by atoms with van der Waals surface area (Å²) in [7, 11) is 0. The quantitative estimate of drug-likeness (QED) is 0.241. The van der Waals surface area contributed by atoms with Crippen LogP contribution in [0.25, 0.3) is 0 Å². The van der Waals surface area contributed by atoms with Gasteiger partial charge in [-0.05, 0) is 58.4 Å². The molecule has 0 aromatic carbocycles. The van der Waals surface area contributed by atoms with Crippen molar-refractivity contribution in [1.82, 2.24) is 0 Å². The second kappa shape index (κ2) is 11.1. The largest absolute Gasteiger partial charge is 0.396 e. The van der Waals surface area contributed by atoms with E-state index in [0.29, 0.717) is 6.61 Å². The summed E-state index contributed by atoms with van der Waals surface area (Å²) in [6, 6.07) is 0. The molecule has 0 spiro atoms. The summed E-state index contributed by atoms with van der Waals surface area (Å²) in [5.41, 5.74) is 2.36. The Bertz CT molecular complexity index is 285. The maximum absolute atomic E-state index is 5.12. The molecule has 0 aromatic rings. The lowest BCUT2D eigenvalue weighted by atomic mass is 10.0. The van der Waals surface area contributed by atoms with Gasteiger partial charge in [0.05, 0.1) is 5.71 Å². The highest BCUT2D eigenvalue weighted by atomic mass is 16.6. The van der Waals surface area contributed by atoms with Crippen molar-refractivity contribution in [3.8, 4) is 0 Å². The highest BCUT2D eigenvalue weighted by molar-refractivity contribution is 5.92. The van der Waals surface area contributed by atoms with E-state index in [1.54, 1.807) is 0 Å². The van der Waals surface area contributed by atoms with Gasteiger partial charge in [-0.2, -0.15) is 0 Å². The lowest BCUT2D eigenvalue weighted by molar-refractivity contribution is 0.145. The normalized spacial score (nSPS) is 13.7. The lowest BCUT2D eigenvalue weighted by Crippen LogP contribution is -1.93. The van der Waals surface area contributed by atoms with Gasteiger partial charge in [0.1, 0.15) is 6.61 Å². The Morgan fingerprint density at radius 3 is 2.61 bits per heavy atom. The van der Waals surface area contributed by atoms with E-state index in [1.165, 1.54) is 18.4 Å². The molecule has 1 atom stereocenters. The number of allylic oxidation sites excluding steroid dienone is 4. The molecule has 2 heteroatoms. The predicted octanol–water partition coefficient (Wildman–Crippen LogP) is 5.12. The SMILES string of the molecule is CCCO/N=C(C)/C=C/CC(C)CCC=C(C)C. The van der Waals surface area contributed by atoms with Crippen molar-refractivity contribution in [2.75, 3.05) is 6.61 Å². The number of hydrogen-bond donors (Lipinski definition) is 0. The Balaban J connectivity index is 3.79. The number of rotatable bonds is 9. The zero-order chi connectivity index (χ0) is 13.8. The van der Waals surface area contributed by atoms with Crippen LogP contribution in [-0.4, -0.2) is 12.3 Å². The van der Waals surface area contributed by atoms with E-state index in [2.05, 4.69) is 45.0 Å².